The summed E-state index contributed by atoms with van der Waals surface area (Å²) in [7, 11) is 1.55. The fourth-order valence-corrected chi connectivity index (χ4v) is 5.30. The van der Waals surface area contributed by atoms with Crippen molar-refractivity contribution in [3.05, 3.63) is 41.5 Å². The highest BCUT2D eigenvalue weighted by molar-refractivity contribution is 6.10. The monoisotopic (exact) mass is 338 g/mol. The van der Waals surface area contributed by atoms with Crippen LogP contribution in [-0.4, -0.2) is 38.0 Å². The maximum Gasteiger partial charge on any atom is 0.264 e. The van der Waals surface area contributed by atoms with E-state index in [0.717, 1.165) is 29.9 Å². The van der Waals surface area contributed by atoms with Crippen LogP contribution in [-0.2, 0) is 19.8 Å². The minimum absolute atomic E-state index is 0.0147. The van der Waals surface area contributed by atoms with Crippen LogP contribution in [0.1, 0.15) is 25.3 Å². The van der Waals surface area contributed by atoms with Crippen molar-refractivity contribution in [2.45, 2.75) is 31.3 Å². The number of carbonyl (C=O) groups excluding carboxylic acids is 1. The number of amides is 1. The highest BCUT2D eigenvalue weighted by Gasteiger charge is 2.62. The molecule has 4 atom stereocenters. The first-order chi connectivity index (χ1) is 12.2. The van der Waals surface area contributed by atoms with Gasteiger partial charge in [0.1, 0.15) is 5.41 Å². The largest absolute Gasteiger partial charge is 0.376 e. The van der Waals surface area contributed by atoms with Crippen LogP contribution in [0.5, 0.6) is 0 Å². The van der Waals surface area contributed by atoms with Gasteiger partial charge in [-0.3, -0.25) is 14.6 Å². The molecule has 4 heterocycles. The van der Waals surface area contributed by atoms with E-state index >= 15 is 0 Å². The second-order valence-corrected chi connectivity index (χ2v) is 7.39. The van der Waals surface area contributed by atoms with Crippen LogP contribution in [0.2, 0.25) is 0 Å². The molecule has 0 radical (unpaired) electrons. The summed E-state index contributed by atoms with van der Waals surface area (Å²) in [5.41, 5.74) is 3.69. The standard InChI is InChI=1S/C20H22N2O3/c1-3-12-10-21-16-9-20(18-8-13(12)14(16)11-25-18)15-6-4-5-7-17(15)22(24-2)19(20)23/h3-7,13-14,18H,8-11H2,1-2H3. The molecule has 130 valence electrons. The number of ether oxygens (including phenoxy) is 1. The van der Waals surface area contributed by atoms with Gasteiger partial charge in [-0.1, -0.05) is 24.3 Å². The quantitative estimate of drug-likeness (QED) is 0.740. The minimum atomic E-state index is -0.710. The molecular weight excluding hydrogens is 316 g/mol. The number of para-hydroxylation sites is 1. The smallest absolute Gasteiger partial charge is 0.264 e. The molecule has 4 aliphatic heterocycles. The molecule has 5 aliphatic rings. The number of hydrogen-bond acceptors (Lipinski definition) is 4. The summed E-state index contributed by atoms with van der Waals surface area (Å²) in [4.78, 5) is 23.8. The summed E-state index contributed by atoms with van der Waals surface area (Å²) in [6, 6.07) is 7.94. The molecule has 0 aromatic heterocycles. The van der Waals surface area contributed by atoms with Crippen molar-refractivity contribution in [2.75, 3.05) is 25.3 Å². The molecule has 25 heavy (non-hydrogen) atoms. The minimum Gasteiger partial charge on any atom is -0.376 e. The number of nitrogens with zero attached hydrogens (tertiary/aromatic N) is 2. The first kappa shape index (κ1) is 15.3. The Morgan fingerprint density at radius 3 is 3.00 bits per heavy atom. The van der Waals surface area contributed by atoms with Gasteiger partial charge in [-0.25, -0.2) is 0 Å². The van der Waals surface area contributed by atoms with Crippen molar-refractivity contribution in [3.63, 3.8) is 0 Å². The van der Waals surface area contributed by atoms with Gasteiger partial charge in [0.2, 0.25) is 0 Å². The third-order valence-corrected chi connectivity index (χ3v) is 6.53. The first-order valence-corrected chi connectivity index (χ1v) is 8.98. The molecule has 5 nitrogen and oxygen atoms in total. The number of hydrogen-bond donors (Lipinski definition) is 0. The number of carbonyl (C=O) groups is 1. The van der Waals surface area contributed by atoms with E-state index in [4.69, 9.17) is 14.6 Å². The van der Waals surface area contributed by atoms with Crippen LogP contribution in [0.25, 0.3) is 0 Å². The molecule has 5 heteroatoms. The molecule has 1 aromatic carbocycles. The molecule has 1 aliphatic carbocycles. The number of fused-ring (bicyclic) bond motifs is 2. The summed E-state index contributed by atoms with van der Waals surface area (Å²) >= 11 is 0. The Morgan fingerprint density at radius 2 is 2.20 bits per heavy atom. The Labute approximate surface area is 147 Å². The predicted octanol–water partition coefficient (Wildman–Crippen LogP) is 2.66. The lowest BCUT2D eigenvalue weighted by atomic mass is 9.72. The molecule has 2 saturated heterocycles. The first-order valence-electron chi connectivity index (χ1n) is 8.98. The van der Waals surface area contributed by atoms with Gasteiger partial charge >= 0.3 is 0 Å². The van der Waals surface area contributed by atoms with E-state index in [2.05, 4.69) is 19.1 Å². The Morgan fingerprint density at radius 1 is 1.36 bits per heavy atom. The number of hydroxylamine groups is 1. The van der Waals surface area contributed by atoms with Gasteiger partial charge in [0, 0.05) is 18.1 Å². The predicted molar refractivity (Wildman–Crippen MR) is 94.6 cm³/mol. The lowest BCUT2D eigenvalue weighted by Crippen LogP contribution is -2.50. The molecule has 1 amide bonds. The van der Waals surface area contributed by atoms with E-state index < -0.39 is 5.41 Å². The van der Waals surface area contributed by atoms with Crippen LogP contribution in [0, 0.1) is 11.8 Å². The van der Waals surface area contributed by atoms with E-state index in [1.807, 2.05) is 18.2 Å². The van der Waals surface area contributed by atoms with Gasteiger partial charge in [-0.15, -0.1) is 0 Å². The number of anilines is 1. The molecule has 1 saturated carbocycles. The van der Waals surface area contributed by atoms with Crippen LogP contribution in [0.4, 0.5) is 5.69 Å². The molecule has 3 fully saturated rings. The molecule has 4 bridgehead atoms. The van der Waals surface area contributed by atoms with Gasteiger partial charge in [0.25, 0.3) is 5.91 Å². The Bertz CT molecular complexity index is 815. The number of allylic oxidation sites excluding steroid dienone is 1. The van der Waals surface area contributed by atoms with Crippen LogP contribution in [0.3, 0.4) is 0 Å². The van der Waals surface area contributed by atoms with Crippen molar-refractivity contribution in [2.24, 2.45) is 16.8 Å². The second-order valence-electron chi connectivity index (χ2n) is 7.39. The van der Waals surface area contributed by atoms with E-state index in [1.165, 1.54) is 10.6 Å². The lowest BCUT2D eigenvalue weighted by molar-refractivity contribution is -0.137. The van der Waals surface area contributed by atoms with Crippen LogP contribution in [0.15, 0.2) is 40.9 Å². The van der Waals surface area contributed by atoms with Crippen molar-refractivity contribution in [3.8, 4) is 0 Å². The molecule has 4 unspecified atom stereocenters. The van der Waals surface area contributed by atoms with Crippen molar-refractivity contribution in [1.29, 1.82) is 0 Å². The summed E-state index contributed by atoms with van der Waals surface area (Å²) < 4.78 is 6.28. The fourth-order valence-electron chi connectivity index (χ4n) is 5.30. The third-order valence-electron chi connectivity index (χ3n) is 6.53. The topological polar surface area (TPSA) is 51.1 Å². The zero-order valence-corrected chi connectivity index (χ0v) is 14.6. The van der Waals surface area contributed by atoms with Gasteiger partial charge in [0.15, 0.2) is 0 Å². The van der Waals surface area contributed by atoms with E-state index in [1.54, 1.807) is 7.11 Å². The molecule has 6 rings (SSSR count). The van der Waals surface area contributed by atoms with Crippen LogP contribution < -0.4 is 5.06 Å². The number of rotatable bonds is 1. The summed E-state index contributed by atoms with van der Waals surface area (Å²) in [6.07, 6.45) is 3.58. The van der Waals surface area contributed by atoms with E-state index in [0.29, 0.717) is 24.9 Å². The van der Waals surface area contributed by atoms with E-state index in [-0.39, 0.29) is 12.0 Å². The van der Waals surface area contributed by atoms with Gasteiger partial charge in [0.05, 0.1) is 32.1 Å². The van der Waals surface area contributed by atoms with Gasteiger partial charge in [-0.2, -0.15) is 5.06 Å². The highest BCUT2D eigenvalue weighted by Crippen LogP contribution is 2.55. The van der Waals surface area contributed by atoms with Gasteiger partial charge < -0.3 is 4.74 Å². The highest BCUT2D eigenvalue weighted by atomic mass is 16.7. The normalized spacial score (nSPS) is 37.4. The van der Waals surface area contributed by atoms with Crippen molar-refractivity contribution < 1.29 is 14.4 Å². The summed E-state index contributed by atoms with van der Waals surface area (Å²) in [5, 5.41) is 1.44. The maximum atomic E-state index is 13.5. The maximum absolute atomic E-state index is 13.5. The lowest BCUT2D eigenvalue weighted by Gasteiger charge is -2.39. The molecule has 1 aromatic rings. The number of benzene rings is 1. The Balaban J connectivity index is 1.72. The van der Waals surface area contributed by atoms with E-state index in [9.17, 15) is 4.79 Å². The average Bonchev–Trinajstić information content (AvgIpc) is 2.74. The number of aliphatic imine (C=N–C) groups is 1. The SMILES string of the molecule is CC=C1CN=C2CC3(C(=O)N(OC)c4ccccc43)C3CC1C2CO3. The molecule has 1 spiro atoms. The summed E-state index contributed by atoms with van der Waals surface area (Å²) in [5.74, 6) is 0.749. The van der Waals surface area contributed by atoms with Crippen molar-refractivity contribution in [1.82, 2.24) is 0 Å². The zero-order valence-electron chi connectivity index (χ0n) is 14.6. The van der Waals surface area contributed by atoms with Crippen molar-refractivity contribution >= 4 is 17.3 Å². The van der Waals surface area contributed by atoms with Crippen LogP contribution >= 0.6 is 0 Å². The zero-order chi connectivity index (χ0) is 17.2. The third kappa shape index (κ3) is 1.80. The Hall–Kier alpha value is -1.98. The average molecular weight is 338 g/mol. The molecule has 0 N–H and O–H groups in total. The fraction of sp³-hybridized carbons (Fsp3) is 0.500. The van der Waals surface area contributed by atoms with Gasteiger partial charge in [-0.05, 0) is 36.5 Å². The molecular formula is C20H22N2O3. The Kier molecular flexibility index (Phi) is 3.21. The second kappa shape index (κ2) is 5.26. The summed E-state index contributed by atoms with van der Waals surface area (Å²) in [6.45, 7) is 3.52.